The van der Waals surface area contributed by atoms with E-state index in [0.29, 0.717) is 45.9 Å². The number of ether oxygens (including phenoxy) is 1. The van der Waals surface area contributed by atoms with Crippen molar-refractivity contribution in [1.82, 2.24) is 19.9 Å². The third kappa shape index (κ3) is 6.00. The first kappa shape index (κ1) is 29.2. The van der Waals surface area contributed by atoms with E-state index >= 15 is 0 Å². The summed E-state index contributed by atoms with van der Waals surface area (Å²) < 4.78 is 20.1. The van der Waals surface area contributed by atoms with Crippen molar-refractivity contribution in [3.8, 4) is 5.75 Å². The van der Waals surface area contributed by atoms with Crippen LogP contribution in [0.2, 0.25) is 0 Å². The first-order valence-corrected chi connectivity index (χ1v) is 13.8. The number of anilines is 6. The Hall–Kier alpha value is -4.29. The van der Waals surface area contributed by atoms with E-state index in [1.807, 2.05) is 6.07 Å². The van der Waals surface area contributed by atoms with E-state index in [-0.39, 0.29) is 17.8 Å². The third-order valence-electron chi connectivity index (χ3n) is 7.82. The summed E-state index contributed by atoms with van der Waals surface area (Å²) >= 11 is 0. The molecule has 0 radical (unpaired) electrons. The van der Waals surface area contributed by atoms with Crippen molar-refractivity contribution in [3.05, 3.63) is 60.2 Å². The molecular formula is C30H37FN8O3. The summed E-state index contributed by atoms with van der Waals surface area (Å²) in [5.74, 6) is 0.769. The lowest BCUT2D eigenvalue weighted by Gasteiger charge is -2.29. The molecule has 0 saturated carbocycles. The molecule has 11 nitrogen and oxygen atoms in total. The number of hydrogen-bond donors (Lipinski definition) is 4. The minimum Gasteiger partial charge on any atom is -0.494 e. The van der Waals surface area contributed by atoms with Crippen LogP contribution in [0.5, 0.6) is 5.75 Å². The lowest BCUT2D eigenvalue weighted by atomic mass is 9.95. The van der Waals surface area contributed by atoms with E-state index in [1.54, 1.807) is 40.0 Å². The van der Waals surface area contributed by atoms with Crippen molar-refractivity contribution in [2.75, 3.05) is 54.6 Å². The van der Waals surface area contributed by atoms with Crippen LogP contribution in [0.4, 0.5) is 39.0 Å². The van der Waals surface area contributed by atoms with E-state index in [1.165, 1.54) is 18.5 Å². The van der Waals surface area contributed by atoms with E-state index < -0.39 is 11.4 Å². The molecule has 1 aromatic heterocycles. The molecule has 3 aromatic rings. The molecule has 222 valence electrons. The highest BCUT2D eigenvalue weighted by atomic mass is 19.1. The SMILES string of the molecule is C=CC(=O)Nc1cc(Nc2ncnc(Nc3cc(C)c(F)cc3C(C)(C)O)n2)c(OC)cc1N1CC[C@H]2CN(C)C[C@H]21. The maximum Gasteiger partial charge on any atom is 0.247 e. The Balaban J connectivity index is 1.47. The Bertz CT molecular complexity index is 1510. The van der Waals surface area contributed by atoms with Crippen molar-refractivity contribution < 1.29 is 19.0 Å². The van der Waals surface area contributed by atoms with Crippen molar-refractivity contribution in [1.29, 1.82) is 0 Å². The molecule has 42 heavy (non-hydrogen) atoms. The summed E-state index contributed by atoms with van der Waals surface area (Å²) in [5, 5.41) is 19.8. The molecule has 0 aliphatic carbocycles. The Kier molecular flexibility index (Phi) is 8.02. The number of rotatable bonds is 9. The first-order chi connectivity index (χ1) is 20.0. The van der Waals surface area contributed by atoms with Gasteiger partial charge >= 0.3 is 0 Å². The van der Waals surface area contributed by atoms with Gasteiger partial charge in [0.1, 0.15) is 17.9 Å². The largest absolute Gasteiger partial charge is 0.494 e. The number of carbonyl (C=O) groups is 1. The molecule has 2 saturated heterocycles. The fourth-order valence-electron chi connectivity index (χ4n) is 5.78. The van der Waals surface area contributed by atoms with Crippen LogP contribution in [-0.2, 0) is 10.4 Å². The van der Waals surface area contributed by atoms with Gasteiger partial charge in [0.05, 0.1) is 29.8 Å². The van der Waals surface area contributed by atoms with Crippen molar-refractivity contribution in [3.63, 3.8) is 0 Å². The Morgan fingerprint density at radius 1 is 1.14 bits per heavy atom. The topological polar surface area (TPSA) is 128 Å². The van der Waals surface area contributed by atoms with Gasteiger partial charge in [0.2, 0.25) is 17.8 Å². The molecule has 2 fully saturated rings. The zero-order chi connectivity index (χ0) is 30.2. The molecular weight excluding hydrogens is 539 g/mol. The summed E-state index contributed by atoms with van der Waals surface area (Å²) in [6.45, 7) is 11.3. The van der Waals surface area contributed by atoms with Crippen LogP contribution in [0.3, 0.4) is 0 Å². The summed E-state index contributed by atoms with van der Waals surface area (Å²) in [4.78, 5) is 30.0. The smallest absolute Gasteiger partial charge is 0.247 e. The van der Waals surface area contributed by atoms with Crippen LogP contribution < -0.4 is 25.6 Å². The molecule has 1 amide bonds. The van der Waals surface area contributed by atoms with Gasteiger partial charge in [0.15, 0.2) is 0 Å². The van der Waals surface area contributed by atoms with Gasteiger partial charge < -0.3 is 35.6 Å². The average Bonchev–Trinajstić information content (AvgIpc) is 3.49. The average molecular weight is 577 g/mol. The van der Waals surface area contributed by atoms with Crippen molar-refractivity contribution >= 4 is 40.6 Å². The zero-order valence-corrected chi connectivity index (χ0v) is 24.5. The van der Waals surface area contributed by atoms with Crippen LogP contribution in [0.15, 0.2) is 43.2 Å². The Labute approximate surface area is 244 Å². The Morgan fingerprint density at radius 2 is 1.86 bits per heavy atom. The van der Waals surface area contributed by atoms with Crippen LogP contribution in [0, 0.1) is 18.7 Å². The fraction of sp³-hybridized carbons (Fsp3) is 0.400. The van der Waals surface area contributed by atoms with E-state index in [2.05, 4.69) is 54.3 Å². The van der Waals surface area contributed by atoms with Gasteiger partial charge in [-0.1, -0.05) is 6.58 Å². The molecule has 0 spiro atoms. The van der Waals surface area contributed by atoms with Crippen LogP contribution in [0.25, 0.3) is 0 Å². The standard InChI is InChI=1S/C30H37FN8O3/c1-7-27(40)34-22-12-23(26(42-6)13-24(22)39-9-8-18-14-38(5)15-25(18)39)36-29-33-16-32-28(37-29)35-21-10-17(2)20(31)11-19(21)30(3,4)41/h7,10-13,16,18,25,41H,1,8-9,14-15H2,2-6H3,(H,34,40)(H2,32,33,35,36,37)/t18-,25+/m0/s1. The highest BCUT2D eigenvalue weighted by Crippen LogP contribution is 2.43. The number of fused-ring (bicyclic) bond motifs is 1. The predicted molar refractivity (Wildman–Crippen MR) is 161 cm³/mol. The highest BCUT2D eigenvalue weighted by molar-refractivity contribution is 6.02. The van der Waals surface area contributed by atoms with Crippen LogP contribution in [0.1, 0.15) is 31.4 Å². The molecule has 2 aliphatic heterocycles. The van der Waals surface area contributed by atoms with E-state index in [4.69, 9.17) is 4.74 Å². The normalized spacial score (nSPS) is 18.5. The summed E-state index contributed by atoms with van der Waals surface area (Å²) in [5.41, 5.74) is 1.95. The van der Waals surface area contributed by atoms with Gasteiger partial charge in [-0.3, -0.25) is 4.79 Å². The number of benzene rings is 2. The maximum absolute atomic E-state index is 14.3. The number of aliphatic hydroxyl groups is 1. The number of likely N-dealkylation sites (N-methyl/N-ethyl adjacent to an activating group) is 1. The van der Waals surface area contributed by atoms with Crippen LogP contribution >= 0.6 is 0 Å². The highest BCUT2D eigenvalue weighted by Gasteiger charge is 2.41. The zero-order valence-electron chi connectivity index (χ0n) is 24.5. The number of aromatic nitrogens is 3. The van der Waals surface area contributed by atoms with Gasteiger partial charge in [-0.2, -0.15) is 4.98 Å². The molecule has 0 bridgehead atoms. The minimum atomic E-state index is -1.31. The number of halogens is 1. The second kappa shape index (κ2) is 11.5. The van der Waals surface area contributed by atoms with Gasteiger partial charge in [-0.05, 0) is 70.0 Å². The summed E-state index contributed by atoms with van der Waals surface area (Å²) in [7, 11) is 3.71. The number of amides is 1. The van der Waals surface area contributed by atoms with Gasteiger partial charge in [-0.25, -0.2) is 14.4 Å². The van der Waals surface area contributed by atoms with E-state index in [9.17, 15) is 14.3 Å². The van der Waals surface area contributed by atoms with Gasteiger partial charge in [0, 0.05) is 43.0 Å². The molecule has 2 atom stereocenters. The lowest BCUT2D eigenvalue weighted by molar-refractivity contribution is -0.111. The molecule has 4 N–H and O–H groups in total. The monoisotopic (exact) mass is 576 g/mol. The molecule has 2 aliphatic rings. The van der Waals surface area contributed by atoms with Gasteiger partial charge in [0.25, 0.3) is 0 Å². The Morgan fingerprint density at radius 3 is 2.52 bits per heavy atom. The summed E-state index contributed by atoms with van der Waals surface area (Å²) in [6, 6.07) is 6.96. The number of carbonyl (C=O) groups excluding carboxylic acids is 1. The maximum atomic E-state index is 14.3. The number of nitrogens with zero attached hydrogens (tertiary/aromatic N) is 5. The predicted octanol–water partition coefficient (Wildman–Crippen LogP) is 4.31. The third-order valence-corrected chi connectivity index (χ3v) is 7.82. The molecule has 0 unspecified atom stereocenters. The minimum absolute atomic E-state index is 0.188. The second-order valence-electron chi connectivity index (χ2n) is 11.4. The number of nitrogens with one attached hydrogen (secondary N) is 3. The number of hydrogen-bond acceptors (Lipinski definition) is 10. The fourth-order valence-corrected chi connectivity index (χ4v) is 5.78. The quantitative estimate of drug-likeness (QED) is 0.274. The number of likely N-dealkylation sites (tertiary alicyclic amines) is 1. The molecule has 2 aromatic carbocycles. The van der Waals surface area contributed by atoms with E-state index in [0.717, 1.165) is 31.7 Å². The van der Waals surface area contributed by atoms with Crippen molar-refractivity contribution in [2.45, 2.75) is 38.8 Å². The van der Waals surface area contributed by atoms with Crippen LogP contribution in [-0.4, -0.2) is 70.7 Å². The molecule has 12 heteroatoms. The van der Waals surface area contributed by atoms with Gasteiger partial charge in [-0.15, -0.1) is 0 Å². The number of methoxy groups -OCH3 is 1. The number of aryl methyl sites for hydroxylation is 1. The second-order valence-corrected chi connectivity index (χ2v) is 11.4. The molecule has 3 heterocycles. The lowest BCUT2D eigenvalue weighted by Crippen LogP contribution is -2.35. The van der Waals surface area contributed by atoms with Crippen molar-refractivity contribution in [2.24, 2.45) is 5.92 Å². The summed E-state index contributed by atoms with van der Waals surface area (Å²) in [6.07, 6.45) is 3.65. The first-order valence-electron chi connectivity index (χ1n) is 13.8. The molecule has 5 rings (SSSR count).